The SMILES string of the molecule is CCn1c(-c2cnc(C)nc2)nc2c(-c3ccc4c(c3)C(C)(Cc3cncnc3)C(=O)N4)ncnc21. The van der Waals surface area contributed by atoms with Gasteiger partial charge in [0.2, 0.25) is 5.91 Å². The van der Waals surface area contributed by atoms with Crippen LogP contribution >= 0.6 is 0 Å². The van der Waals surface area contributed by atoms with Gasteiger partial charge in [-0.2, -0.15) is 0 Å². The van der Waals surface area contributed by atoms with Gasteiger partial charge < -0.3 is 9.88 Å². The lowest BCUT2D eigenvalue weighted by Gasteiger charge is -2.22. The lowest BCUT2D eigenvalue weighted by Crippen LogP contribution is -2.33. The Balaban J connectivity index is 1.48. The van der Waals surface area contributed by atoms with E-state index in [0.717, 1.165) is 39.4 Å². The minimum absolute atomic E-state index is 0.0525. The van der Waals surface area contributed by atoms with Gasteiger partial charge in [-0.05, 0) is 50.5 Å². The molecular weight excluding hydrogens is 454 g/mol. The Morgan fingerprint density at radius 3 is 2.50 bits per heavy atom. The summed E-state index contributed by atoms with van der Waals surface area (Å²) in [4.78, 5) is 44.0. The summed E-state index contributed by atoms with van der Waals surface area (Å²) >= 11 is 0. The van der Waals surface area contributed by atoms with Gasteiger partial charge >= 0.3 is 0 Å². The minimum atomic E-state index is -0.768. The first-order chi connectivity index (χ1) is 17.5. The van der Waals surface area contributed by atoms with E-state index < -0.39 is 5.41 Å². The first-order valence-electron chi connectivity index (χ1n) is 11.7. The van der Waals surface area contributed by atoms with Gasteiger partial charge in [0.15, 0.2) is 5.65 Å². The van der Waals surface area contributed by atoms with Gasteiger partial charge in [-0.1, -0.05) is 6.07 Å². The number of nitrogens with zero attached hydrogens (tertiary/aromatic N) is 8. The molecule has 5 heterocycles. The lowest BCUT2D eigenvalue weighted by molar-refractivity contribution is -0.120. The summed E-state index contributed by atoms with van der Waals surface area (Å²) in [7, 11) is 0. The number of hydrogen-bond acceptors (Lipinski definition) is 8. The summed E-state index contributed by atoms with van der Waals surface area (Å²) in [5, 5.41) is 3.03. The van der Waals surface area contributed by atoms with Crippen LogP contribution in [-0.4, -0.2) is 45.4 Å². The third-order valence-corrected chi connectivity index (χ3v) is 6.70. The number of amides is 1. The van der Waals surface area contributed by atoms with E-state index >= 15 is 0 Å². The summed E-state index contributed by atoms with van der Waals surface area (Å²) in [5.41, 5.74) is 5.62. The highest BCUT2D eigenvalue weighted by molar-refractivity contribution is 6.07. The summed E-state index contributed by atoms with van der Waals surface area (Å²) in [6, 6.07) is 5.91. The number of carbonyl (C=O) groups is 1. The van der Waals surface area contributed by atoms with Crippen molar-refractivity contribution in [1.82, 2.24) is 39.5 Å². The fraction of sp³-hybridized carbons (Fsp3) is 0.231. The van der Waals surface area contributed by atoms with Crippen molar-refractivity contribution in [3.8, 4) is 22.6 Å². The van der Waals surface area contributed by atoms with E-state index in [-0.39, 0.29) is 5.91 Å². The molecule has 6 rings (SSSR count). The highest BCUT2D eigenvalue weighted by Gasteiger charge is 2.43. The molecule has 1 aromatic carbocycles. The van der Waals surface area contributed by atoms with E-state index in [4.69, 9.17) is 4.98 Å². The molecule has 5 aromatic rings. The normalized spacial score (nSPS) is 16.8. The van der Waals surface area contributed by atoms with Crippen LogP contribution in [0.15, 0.2) is 55.6 Å². The quantitative estimate of drug-likeness (QED) is 0.408. The highest BCUT2D eigenvalue weighted by Crippen LogP contribution is 2.42. The summed E-state index contributed by atoms with van der Waals surface area (Å²) in [6.45, 7) is 6.52. The molecule has 0 aliphatic carbocycles. The maximum atomic E-state index is 13.1. The second kappa shape index (κ2) is 8.26. The molecule has 0 radical (unpaired) electrons. The van der Waals surface area contributed by atoms with Crippen LogP contribution in [0.4, 0.5) is 5.69 Å². The van der Waals surface area contributed by atoms with Crippen LogP contribution in [0, 0.1) is 6.92 Å². The van der Waals surface area contributed by atoms with Crippen LogP contribution in [0.1, 0.15) is 30.8 Å². The number of benzene rings is 1. The van der Waals surface area contributed by atoms with Gasteiger partial charge in [0, 0.05) is 42.6 Å². The zero-order valence-corrected chi connectivity index (χ0v) is 20.1. The molecule has 1 aliphatic rings. The van der Waals surface area contributed by atoms with Crippen LogP contribution in [0.5, 0.6) is 0 Å². The number of anilines is 1. The average molecular weight is 478 g/mol. The summed E-state index contributed by atoms with van der Waals surface area (Å²) < 4.78 is 2.03. The summed E-state index contributed by atoms with van der Waals surface area (Å²) in [6.07, 6.45) is 10.6. The highest BCUT2D eigenvalue weighted by atomic mass is 16.2. The Hall–Kier alpha value is -4.60. The Morgan fingerprint density at radius 1 is 0.972 bits per heavy atom. The molecule has 1 amide bonds. The predicted octanol–water partition coefficient (Wildman–Crippen LogP) is 3.52. The van der Waals surface area contributed by atoms with E-state index in [1.54, 1.807) is 31.1 Å². The van der Waals surface area contributed by atoms with E-state index in [9.17, 15) is 4.79 Å². The molecule has 178 valence electrons. The molecule has 4 aromatic heterocycles. The van der Waals surface area contributed by atoms with Crippen molar-refractivity contribution in [2.75, 3.05) is 5.32 Å². The number of rotatable bonds is 5. The largest absolute Gasteiger partial charge is 0.325 e. The molecule has 0 spiro atoms. The van der Waals surface area contributed by atoms with Crippen molar-refractivity contribution in [1.29, 1.82) is 0 Å². The number of hydrogen-bond donors (Lipinski definition) is 1. The van der Waals surface area contributed by atoms with Gasteiger partial charge in [0.25, 0.3) is 0 Å². The molecule has 0 saturated carbocycles. The topological polar surface area (TPSA) is 124 Å². The van der Waals surface area contributed by atoms with Gasteiger partial charge in [0.05, 0.1) is 11.0 Å². The number of aromatic nitrogens is 8. The van der Waals surface area contributed by atoms with Gasteiger partial charge in [-0.3, -0.25) is 4.79 Å². The molecule has 10 nitrogen and oxygen atoms in total. The zero-order valence-electron chi connectivity index (χ0n) is 20.1. The Kier molecular flexibility index (Phi) is 5.03. The molecule has 0 saturated heterocycles. The molecule has 0 bridgehead atoms. The predicted molar refractivity (Wildman–Crippen MR) is 134 cm³/mol. The first kappa shape index (κ1) is 21.9. The third-order valence-electron chi connectivity index (χ3n) is 6.70. The number of aryl methyl sites for hydroxylation is 2. The molecule has 0 fully saturated rings. The molecular formula is C26H23N9O. The second-order valence-corrected chi connectivity index (χ2v) is 9.06. The second-order valence-electron chi connectivity index (χ2n) is 9.06. The monoisotopic (exact) mass is 477 g/mol. The maximum Gasteiger partial charge on any atom is 0.235 e. The molecule has 1 atom stereocenters. The molecule has 36 heavy (non-hydrogen) atoms. The van der Waals surface area contributed by atoms with Gasteiger partial charge in [-0.25, -0.2) is 34.9 Å². The zero-order chi connectivity index (χ0) is 24.9. The van der Waals surface area contributed by atoms with Crippen molar-refractivity contribution in [3.05, 3.63) is 72.6 Å². The van der Waals surface area contributed by atoms with Crippen molar-refractivity contribution < 1.29 is 4.79 Å². The standard InChI is InChI=1S/C26H23N9O/c1-4-35-23(18-11-29-15(2)30-12-18)34-22-21(31-14-32-24(22)35)17-5-6-20-19(7-17)26(3,25(36)33-20)8-16-9-27-13-28-10-16/h5-7,9-14H,4,8H2,1-3H3,(H,33,36). The molecule has 1 N–H and O–H groups in total. The maximum absolute atomic E-state index is 13.1. The molecule has 1 aliphatic heterocycles. The smallest absolute Gasteiger partial charge is 0.235 e. The van der Waals surface area contributed by atoms with E-state index in [1.165, 1.54) is 6.33 Å². The minimum Gasteiger partial charge on any atom is -0.325 e. The van der Waals surface area contributed by atoms with Gasteiger partial charge in [0.1, 0.15) is 35.5 Å². The average Bonchev–Trinajstić information content (AvgIpc) is 3.39. The Labute approximate surface area is 207 Å². The van der Waals surface area contributed by atoms with Crippen molar-refractivity contribution in [3.63, 3.8) is 0 Å². The fourth-order valence-corrected chi connectivity index (χ4v) is 4.82. The third kappa shape index (κ3) is 3.41. The molecule has 10 heteroatoms. The van der Waals surface area contributed by atoms with Crippen molar-refractivity contribution >= 4 is 22.8 Å². The number of carbonyl (C=O) groups excluding carboxylic acids is 1. The fourth-order valence-electron chi connectivity index (χ4n) is 4.82. The Morgan fingerprint density at radius 2 is 1.75 bits per heavy atom. The Bertz CT molecular complexity index is 1610. The van der Waals surface area contributed by atoms with E-state index in [0.29, 0.717) is 30.0 Å². The van der Waals surface area contributed by atoms with Crippen LogP contribution in [-0.2, 0) is 23.2 Å². The number of imidazole rings is 1. The van der Waals surface area contributed by atoms with Crippen molar-refractivity contribution in [2.45, 2.75) is 39.2 Å². The number of nitrogens with one attached hydrogen (secondary N) is 1. The van der Waals surface area contributed by atoms with Crippen molar-refractivity contribution in [2.24, 2.45) is 0 Å². The number of fused-ring (bicyclic) bond motifs is 2. The van der Waals surface area contributed by atoms with E-state index in [2.05, 4.69) is 35.2 Å². The first-order valence-corrected chi connectivity index (χ1v) is 11.7. The van der Waals surface area contributed by atoms with Gasteiger partial charge in [-0.15, -0.1) is 0 Å². The van der Waals surface area contributed by atoms with Crippen LogP contribution in [0.3, 0.4) is 0 Å². The lowest BCUT2D eigenvalue weighted by atomic mass is 9.78. The van der Waals surface area contributed by atoms with E-state index in [1.807, 2.05) is 43.5 Å². The van der Waals surface area contributed by atoms with Crippen LogP contribution in [0.2, 0.25) is 0 Å². The van der Waals surface area contributed by atoms with Crippen LogP contribution < -0.4 is 5.32 Å². The summed E-state index contributed by atoms with van der Waals surface area (Å²) in [5.74, 6) is 1.38. The van der Waals surface area contributed by atoms with Crippen LogP contribution in [0.25, 0.3) is 33.8 Å². The molecule has 1 unspecified atom stereocenters.